The summed E-state index contributed by atoms with van der Waals surface area (Å²) in [5.41, 5.74) is -0.905. The normalized spacial score (nSPS) is 22.6. The lowest BCUT2D eigenvalue weighted by molar-refractivity contribution is 0.146. The van der Waals surface area contributed by atoms with Gasteiger partial charge in [0.2, 0.25) is 5.82 Å². The lowest BCUT2D eigenvalue weighted by Gasteiger charge is -2.43. The van der Waals surface area contributed by atoms with Crippen LogP contribution < -0.4 is 16.6 Å². The van der Waals surface area contributed by atoms with Gasteiger partial charge in [-0.1, -0.05) is 31.2 Å². The van der Waals surface area contributed by atoms with Gasteiger partial charge in [0.05, 0.1) is 0 Å². The Kier molecular flexibility index (Phi) is 5.13. The van der Waals surface area contributed by atoms with Crippen LogP contribution in [0.15, 0.2) is 33.9 Å². The van der Waals surface area contributed by atoms with Crippen molar-refractivity contribution in [3.63, 3.8) is 0 Å². The fourth-order valence-corrected chi connectivity index (χ4v) is 3.66. The predicted octanol–water partition coefficient (Wildman–Crippen LogP) is 0.732. The molecule has 0 bridgehead atoms. The minimum atomic E-state index is -0.435. The second-order valence-electron chi connectivity index (χ2n) is 6.96. The third kappa shape index (κ3) is 3.36. The molecule has 3 atom stereocenters. The van der Waals surface area contributed by atoms with Gasteiger partial charge < -0.3 is 10.2 Å². The van der Waals surface area contributed by atoms with Crippen LogP contribution in [0.4, 0.5) is 5.82 Å². The fraction of sp³-hybridized carbons (Fsp3) is 0.588. The number of likely N-dealkylation sites (N-methyl/N-ethyl adjacent to an activating group) is 1. The molecule has 2 rings (SSSR count). The highest BCUT2D eigenvalue weighted by molar-refractivity contribution is 5.33. The van der Waals surface area contributed by atoms with Crippen molar-refractivity contribution in [2.75, 3.05) is 19.4 Å². The Bertz CT molecular complexity index is 774. The van der Waals surface area contributed by atoms with Crippen molar-refractivity contribution in [2.24, 2.45) is 19.5 Å². The fourth-order valence-electron chi connectivity index (χ4n) is 3.66. The number of allylic oxidation sites excluding steroid dienone is 3. The first-order valence-electron chi connectivity index (χ1n) is 8.09. The van der Waals surface area contributed by atoms with E-state index in [9.17, 15) is 9.59 Å². The monoisotopic (exact) mass is 333 g/mol. The highest BCUT2D eigenvalue weighted by Crippen LogP contribution is 2.35. The van der Waals surface area contributed by atoms with Gasteiger partial charge in [0, 0.05) is 31.6 Å². The molecule has 0 aromatic carbocycles. The molecule has 0 fully saturated rings. The molecule has 132 valence electrons. The Hall–Kier alpha value is -2.15. The molecule has 0 radical (unpaired) electrons. The van der Waals surface area contributed by atoms with Crippen LogP contribution in [0.1, 0.15) is 20.3 Å². The Morgan fingerprint density at radius 1 is 1.29 bits per heavy atom. The Morgan fingerprint density at radius 2 is 1.96 bits per heavy atom. The molecule has 1 unspecified atom stereocenters. The predicted molar refractivity (Wildman–Crippen MR) is 96.3 cm³/mol. The zero-order valence-electron chi connectivity index (χ0n) is 15.3. The minimum absolute atomic E-state index is 0.0427. The smallest absolute Gasteiger partial charge is 0.346 e. The van der Waals surface area contributed by atoms with Crippen LogP contribution in [0, 0.1) is 5.41 Å². The van der Waals surface area contributed by atoms with Gasteiger partial charge in [-0.05, 0) is 27.4 Å². The number of rotatable bonds is 5. The van der Waals surface area contributed by atoms with Gasteiger partial charge in [-0.2, -0.15) is 0 Å². The van der Waals surface area contributed by atoms with Crippen LogP contribution in [0.25, 0.3) is 0 Å². The van der Waals surface area contributed by atoms with E-state index in [-0.39, 0.29) is 23.3 Å². The second kappa shape index (κ2) is 6.76. The van der Waals surface area contributed by atoms with E-state index in [4.69, 9.17) is 0 Å². The summed E-state index contributed by atoms with van der Waals surface area (Å²) in [6.07, 6.45) is 9.42. The van der Waals surface area contributed by atoms with Gasteiger partial charge in [0.1, 0.15) is 0 Å². The van der Waals surface area contributed by atoms with E-state index < -0.39 is 11.2 Å². The van der Waals surface area contributed by atoms with Crippen LogP contribution in [0.2, 0.25) is 0 Å². The molecule has 1 N–H and O–H groups in total. The quantitative estimate of drug-likeness (QED) is 0.860. The molecule has 24 heavy (non-hydrogen) atoms. The number of nitrogens with zero attached hydrogens (tertiary/aromatic N) is 4. The molecule has 1 aromatic rings. The first-order valence-corrected chi connectivity index (χ1v) is 8.09. The van der Waals surface area contributed by atoms with Gasteiger partial charge in [-0.3, -0.25) is 9.36 Å². The molecule has 0 saturated heterocycles. The van der Waals surface area contributed by atoms with Crippen LogP contribution >= 0.6 is 0 Å². The van der Waals surface area contributed by atoms with E-state index in [0.717, 1.165) is 11.0 Å². The molecule has 1 aliphatic carbocycles. The van der Waals surface area contributed by atoms with Gasteiger partial charge in [-0.15, -0.1) is 5.10 Å². The standard InChI is InChI=1S/C17H27N5O2/c1-12(13(20(3)4)17(2)10-8-7-9-11-17)18-14-15(23)21(5)16(24)22(6)19-14/h7-10,12-13H,11H2,1-6H3,(H,18,19)/t12-,13+,17?/m0/s1. The lowest BCUT2D eigenvalue weighted by Crippen LogP contribution is -2.52. The summed E-state index contributed by atoms with van der Waals surface area (Å²) < 4.78 is 2.24. The van der Waals surface area contributed by atoms with E-state index in [0.29, 0.717) is 0 Å². The van der Waals surface area contributed by atoms with Crippen molar-refractivity contribution in [1.29, 1.82) is 0 Å². The zero-order chi connectivity index (χ0) is 18.1. The number of hydrogen-bond donors (Lipinski definition) is 1. The van der Waals surface area contributed by atoms with E-state index in [1.165, 1.54) is 18.8 Å². The lowest BCUT2D eigenvalue weighted by atomic mass is 9.73. The van der Waals surface area contributed by atoms with Crippen molar-refractivity contribution in [1.82, 2.24) is 19.2 Å². The SMILES string of the molecule is C[C@H](Nc1nn(C)c(=O)n(C)c1=O)[C@@H](N(C)C)C1(C)C=CC=CC1. The van der Waals surface area contributed by atoms with Crippen LogP contribution in [0.3, 0.4) is 0 Å². The third-order valence-corrected chi connectivity index (χ3v) is 4.67. The number of aryl methyl sites for hydroxylation is 1. The maximum atomic E-state index is 12.3. The van der Waals surface area contributed by atoms with E-state index >= 15 is 0 Å². The molecule has 1 heterocycles. The first-order chi connectivity index (χ1) is 11.2. The minimum Gasteiger partial charge on any atom is -0.360 e. The largest absolute Gasteiger partial charge is 0.360 e. The summed E-state index contributed by atoms with van der Waals surface area (Å²) >= 11 is 0. The number of aromatic nitrogens is 3. The molecule has 0 spiro atoms. The van der Waals surface area contributed by atoms with Crippen molar-refractivity contribution in [2.45, 2.75) is 32.4 Å². The van der Waals surface area contributed by atoms with Crippen molar-refractivity contribution in [3.05, 3.63) is 45.1 Å². The molecule has 7 heteroatoms. The molecule has 1 aliphatic rings. The topological polar surface area (TPSA) is 72.2 Å². The van der Waals surface area contributed by atoms with E-state index in [1.54, 1.807) is 0 Å². The van der Waals surface area contributed by atoms with Gasteiger partial charge >= 0.3 is 5.69 Å². The van der Waals surface area contributed by atoms with Gasteiger partial charge in [0.25, 0.3) is 5.56 Å². The van der Waals surface area contributed by atoms with Crippen molar-refractivity contribution in [3.8, 4) is 0 Å². The van der Waals surface area contributed by atoms with Crippen LogP contribution in [-0.4, -0.2) is 45.4 Å². The van der Waals surface area contributed by atoms with Crippen LogP contribution in [0.5, 0.6) is 0 Å². The Morgan fingerprint density at radius 3 is 2.50 bits per heavy atom. The average Bonchev–Trinajstić information content (AvgIpc) is 2.50. The summed E-state index contributed by atoms with van der Waals surface area (Å²) in [6.45, 7) is 4.25. The summed E-state index contributed by atoms with van der Waals surface area (Å²) in [6, 6.07) is 0.0984. The maximum Gasteiger partial charge on any atom is 0.346 e. The number of nitrogens with one attached hydrogen (secondary N) is 1. The molecule has 0 amide bonds. The summed E-state index contributed by atoms with van der Waals surface area (Å²) in [5, 5.41) is 7.31. The molecule has 7 nitrogen and oxygen atoms in total. The average molecular weight is 333 g/mol. The second-order valence-corrected chi connectivity index (χ2v) is 6.96. The third-order valence-electron chi connectivity index (χ3n) is 4.67. The number of anilines is 1. The maximum absolute atomic E-state index is 12.3. The van der Waals surface area contributed by atoms with E-state index in [1.807, 2.05) is 21.0 Å². The van der Waals surface area contributed by atoms with Crippen molar-refractivity contribution >= 4 is 5.82 Å². The summed E-state index contributed by atoms with van der Waals surface area (Å²) in [7, 11) is 7.07. The van der Waals surface area contributed by atoms with Gasteiger partial charge in [0.15, 0.2) is 0 Å². The molecule has 1 aromatic heterocycles. The summed E-state index contributed by atoms with van der Waals surface area (Å²) in [4.78, 5) is 26.3. The van der Waals surface area contributed by atoms with Crippen LogP contribution in [-0.2, 0) is 14.1 Å². The van der Waals surface area contributed by atoms with Gasteiger partial charge in [-0.25, -0.2) is 9.48 Å². The first kappa shape index (κ1) is 18.2. The Labute approximate surface area is 142 Å². The van der Waals surface area contributed by atoms with E-state index in [2.05, 4.69) is 46.5 Å². The highest BCUT2D eigenvalue weighted by Gasteiger charge is 2.37. The Balaban J connectivity index is 2.35. The molecular formula is C17H27N5O2. The molecule has 0 aliphatic heterocycles. The molecular weight excluding hydrogens is 306 g/mol. The number of hydrogen-bond acceptors (Lipinski definition) is 5. The van der Waals surface area contributed by atoms with Crippen molar-refractivity contribution < 1.29 is 0 Å². The summed E-state index contributed by atoms with van der Waals surface area (Å²) in [5.74, 6) is 0.192. The molecule has 0 saturated carbocycles. The highest BCUT2D eigenvalue weighted by atomic mass is 16.2. The zero-order valence-corrected chi connectivity index (χ0v) is 15.3.